The van der Waals surface area contributed by atoms with E-state index in [9.17, 15) is 4.79 Å². The topological polar surface area (TPSA) is 65.4 Å². The summed E-state index contributed by atoms with van der Waals surface area (Å²) in [6.07, 6.45) is 0.577. The van der Waals surface area contributed by atoms with Gasteiger partial charge in [-0.15, -0.1) is 0 Å². The molecule has 33 heavy (non-hydrogen) atoms. The molecule has 0 fully saturated rings. The van der Waals surface area contributed by atoms with Gasteiger partial charge in [0.15, 0.2) is 6.61 Å². The molecule has 0 aliphatic heterocycles. The maximum Gasteiger partial charge on any atom is 0.257 e. The number of hydrogen-bond acceptors (Lipinski definition) is 4. The molecule has 3 aromatic carbocycles. The van der Waals surface area contributed by atoms with E-state index >= 15 is 0 Å². The SMILES string of the molecule is O=C(COc1ccc(Cl)cc1)NCCc1nc2ccccc2n1CCOc1ccccc1Cl. The Bertz CT molecular complexity index is 1230. The summed E-state index contributed by atoms with van der Waals surface area (Å²) in [4.78, 5) is 16.9. The number of nitrogens with one attached hydrogen (secondary N) is 1. The molecule has 4 aromatic rings. The van der Waals surface area contributed by atoms with Gasteiger partial charge >= 0.3 is 0 Å². The van der Waals surface area contributed by atoms with Crippen LogP contribution in [0.3, 0.4) is 0 Å². The van der Waals surface area contributed by atoms with Crippen LogP contribution in [0.2, 0.25) is 10.0 Å². The van der Waals surface area contributed by atoms with Crippen LogP contribution in [0.4, 0.5) is 0 Å². The van der Waals surface area contributed by atoms with E-state index in [1.165, 1.54) is 0 Å². The summed E-state index contributed by atoms with van der Waals surface area (Å²) in [5.41, 5.74) is 1.93. The number of ether oxygens (including phenoxy) is 2. The van der Waals surface area contributed by atoms with Crippen molar-refractivity contribution in [1.29, 1.82) is 0 Å². The zero-order valence-electron chi connectivity index (χ0n) is 17.8. The lowest BCUT2D eigenvalue weighted by Crippen LogP contribution is -2.31. The molecule has 0 saturated carbocycles. The zero-order chi connectivity index (χ0) is 23.0. The van der Waals surface area contributed by atoms with Crippen molar-refractivity contribution in [3.63, 3.8) is 0 Å². The van der Waals surface area contributed by atoms with Crippen LogP contribution in [0.5, 0.6) is 11.5 Å². The quantitative estimate of drug-likeness (QED) is 0.338. The maximum atomic E-state index is 12.2. The molecule has 6 nitrogen and oxygen atoms in total. The van der Waals surface area contributed by atoms with Gasteiger partial charge in [0.2, 0.25) is 0 Å². The minimum atomic E-state index is -0.199. The average Bonchev–Trinajstić information content (AvgIpc) is 3.17. The van der Waals surface area contributed by atoms with Crippen LogP contribution in [-0.4, -0.2) is 35.2 Å². The first-order valence-electron chi connectivity index (χ1n) is 10.6. The molecule has 4 rings (SSSR count). The molecule has 1 N–H and O–H groups in total. The van der Waals surface area contributed by atoms with E-state index in [2.05, 4.69) is 9.88 Å². The van der Waals surface area contributed by atoms with Crippen LogP contribution in [0.1, 0.15) is 5.82 Å². The number of nitrogens with zero attached hydrogens (tertiary/aromatic N) is 2. The van der Waals surface area contributed by atoms with Gasteiger partial charge < -0.3 is 19.4 Å². The summed E-state index contributed by atoms with van der Waals surface area (Å²) in [5.74, 6) is 1.92. The largest absolute Gasteiger partial charge is 0.490 e. The van der Waals surface area contributed by atoms with Crippen molar-refractivity contribution in [1.82, 2.24) is 14.9 Å². The molecule has 0 radical (unpaired) electrons. The Kier molecular flexibility index (Phi) is 7.70. The highest BCUT2D eigenvalue weighted by Crippen LogP contribution is 2.23. The number of para-hydroxylation sites is 3. The summed E-state index contributed by atoms with van der Waals surface area (Å²) in [6, 6.07) is 22.2. The van der Waals surface area contributed by atoms with E-state index in [4.69, 9.17) is 37.7 Å². The predicted molar refractivity (Wildman–Crippen MR) is 130 cm³/mol. The van der Waals surface area contributed by atoms with E-state index in [1.54, 1.807) is 30.3 Å². The van der Waals surface area contributed by atoms with E-state index in [0.717, 1.165) is 16.9 Å². The predicted octanol–water partition coefficient (Wildman–Crippen LogP) is 5.16. The van der Waals surface area contributed by atoms with Gasteiger partial charge in [-0.05, 0) is 48.5 Å². The van der Waals surface area contributed by atoms with Gasteiger partial charge in [0, 0.05) is 18.0 Å². The number of aromatic nitrogens is 2. The van der Waals surface area contributed by atoms with Gasteiger partial charge in [0.25, 0.3) is 5.91 Å². The number of rotatable bonds is 10. The molecule has 8 heteroatoms. The fourth-order valence-corrected chi connectivity index (χ4v) is 3.74. The summed E-state index contributed by atoms with van der Waals surface area (Å²) in [5, 5.41) is 4.08. The second-order valence-corrected chi connectivity index (χ2v) is 8.13. The highest BCUT2D eigenvalue weighted by atomic mass is 35.5. The van der Waals surface area contributed by atoms with Crippen molar-refractivity contribution in [3.8, 4) is 11.5 Å². The van der Waals surface area contributed by atoms with Gasteiger partial charge in [0.05, 0.1) is 22.6 Å². The van der Waals surface area contributed by atoms with Crippen molar-refractivity contribution in [3.05, 3.63) is 88.7 Å². The number of carbonyl (C=O) groups excluding carboxylic acids is 1. The first kappa shape index (κ1) is 23.0. The van der Waals surface area contributed by atoms with E-state index in [0.29, 0.717) is 47.7 Å². The fraction of sp³-hybridized carbons (Fsp3) is 0.200. The molecule has 0 bridgehead atoms. The van der Waals surface area contributed by atoms with E-state index < -0.39 is 0 Å². The van der Waals surface area contributed by atoms with Crippen molar-refractivity contribution in [2.45, 2.75) is 13.0 Å². The molecular formula is C25H23Cl2N3O3. The first-order chi connectivity index (χ1) is 16.1. The number of benzene rings is 3. The number of imidazole rings is 1. The summed E-state index contributed by atoms with van der Waals surface area (Å²) >= 11 is 12.0. The second-order valence-electron chi connectivity index (χ2n) is 7.29. The van der Waals surface area contributed by atoms with E-state index in [-0.39, 0.29) is 12.5 Å². The monoisotopic (exact) mass is 483 g/mol. The normalized spacial score (nSPS) is 10.8. The minimum absolute atomic E-state index is 0.0658. The zero-order valence-corrected chi connectivity index (χ0v) is 19.4. The molecular weight excluding hydrogens is 461 g/mol. The Morgan fingerprint density at radius 2 is 1.70 bits per heavy atom. The lowest BCUT2D eigenvalue weighted by molar-refractivity contribution is -0.123. The molecule has 170 valence electrons. The Morgan fingerprint density at radius 3 is 2.52 bits per heavy atom. The van der Waals surface area contributed by atoms with Crippen LogP contribution in [-0.2, 0) is 17.8 Å². The summed E-state index contributed by atoms with van der Waals surface area (Å²) in [6.45, 7) is 1.42. The van der Waals surface area contributed by atoms with Crippen LogP contribution in [0.25, 0.3) is 11.0 Å². The smallest absolute Gasteiger partial charge is 0.257 e. The molecule has 0 saturated heterocycles. The maximum absolute atomic E-state index is 12.2. The molecule has 0 aliphatic carbocycles. The standard InChI is InChI=1S/C25H23Cl2N3O3/c26-18-9-11-19(12-10-18)33-17-25(31)28-14-13-24-29-21-6-2-3-7-22(21)30(24)15-16-32-23-8-4-1-5-20(23)27/h1-12H,13-17H2,(H,28,31). The van der Waals surface area contributed by atoms with Gasteiger partial charge in [-0.3, -0.25) is 4.79 Å². The molecule has 0 atom stereocenters. The molecule has 1 heterocycles. The number of carbonyl (C=O) groups is 1. The minimum Gasteiger partial charge on any atom is -0.490 e. The van der Waals surface area contributed by atoms with Crippen molar-refractivity contribution in [2.24, 2.45) is 0 Å². The summed E-state index contributed by atoms with van der Waals surface area (Å²) in [7, 11) is 0. The molecule has 1 aromatic heterocycles. The Labute approximate surface area is 202 Å². The van der Waals surface area contributed by atoms with Gasteiger partial charge in [-0.1, -0.05) is 47.5 Å². The second kappa shape index (κ2) is 11.1. The Hall–Kier alpha value is -3.22. The molecule has 1 amide bonds. The Morgan fingerprint density at radius 1 is 0.939 bits per heavy atom. The molecule has 0 unspecified atom stereocenters. The van der Waals surface area contributed by atoms with Crippen molar-refractivity contribution < 1.29 is 14.3 Å². The first-order valence-corrected chi connectivity index (χ1v) is 11.3. The average molecular weight is 484 g/mol. The number of amides is 1. The van der Waals surface area contributed by atoms with Gasteiger partial charge in [0.1, 0.15) is 23.9 Å². The van der Waals surface area contributed by atoms with Gasteiger partial charge in [-0.25, -0.2) is 4.98 Å². The van der Waals surface area contributed by atoms with Crippen LogP contribution >= 0.6 is 23.2 Å². The van der Waals surface area contributed by atoms with Gasteiger partial charge in [-0.2, -0.15) is 0 Å². The Balaban J connectivity index is 1.33. The lowest BCUT2D eigenvalue weighted by Gasteiger charge is -2.12. The third-order valence-corrected chi connectivity index (χ3v) is 5.56. The lowest BCUT2D eigenvalue weighted by atomic mass is 10.3. The van der Waals surface area contributed by atoms with Crippen molar-refractivity contribution >= 4 is 40.1 Å². The van der Waals surface area contributed by atoms with Crippen LogP contribution < -0.4 is 14.8 Å². The third-order valence-electron chi connectivity index (χ3n) is 5.00. The molecule has 0 aliphatic rings. The fourth-order valence-electron chi connectivity index (χ4n) is 3.42. The highest BCUT2D eigenvalue weighted by Gasteiger charge is 2.12. The van der Waals surface area contributed by atoms with E-state index in [1.807, 2.05) is 42.5 Å². The van der Waals surface area contributed by atoms with Crippen LogP contribution in [0.15, 0.2) is 72.8 Å². The highest BCUT2D eigenvalue weighted by molar-refractivity contribution is 6.32. The third kappa shape index (κ3) is 6.18. The van der Waals surface area contributed by atoms with Crippen molar-refractivity contribution in [2.75, 3.05) is 19.8 Å². The number of fused-ring (bicyclic) bond motifs is 1. The number of halogens is 2. The summed E-state index contributed by atoms with van der Waals surface area (Å²) < 4.78 is 13.5. The number of hydrogen-bond donors (Lipinski definition) is 1. The van der Waals surface area contributed by atoms with Crippen LogP contribution in [0, 0.1) is 0 Å². The molecule has 0 spiro atoms.